The van der Waals surface area contributed by atoms with E-state index in [1.807, 2.05) is 24.1 Å². The van der Waals surface area contributed by atoms with Gasteiger partial charge in [-0.15, -0.1) is 0 Å². The summed E-state index contributed by atoms with van der Waals surface area (Å²) < 4.78 is 0. The fraction of sp³-hybridized carbons (Fsp3) is 0.111. The molecule has 3 rings (SSSR count). The monoisotopic (exact) mass is 291 g/mol. The van der Waals surface area contributed by atoms with Crippen LogP contribution in [0.2, 0.25) is 0 Å². The highest BCUT2D eigenvalue weighted by atomic mass is 16.1. The summed E-state index contributed by atoms with van der Waals surface area (Å²) in [5.41, 5.74) is 7.01. The molecule has 3 aromatic rings. The summed E-state index contributed by atoms with van der Waals surface area (Å²) in [7, 11) is 1.91. The molecule has 0 aliphatic rings. The van der Waals surface area contributed by atoms with E-state index in [2.05, 4.69) is 35.3 Å². The van der Waals surface area contributed by atoms with Crippen LogP contribution in [0.1, 0.15) is 15.9 Å². The van der Waals surface area contributed by atoms with E-state index in [1.54, 1.807) is 18.3 Å². The first kappa shape index (κ1) is 14.1. The first-order chi connectivity index (χ1) is 10.6. The average Bonchev–Trinajstić information content (AvgIpc) is 2.54. The second-order valence-corrected chi connectivity index (χ2v) is 5.28. The van der Waals surface area contributed by atoms with Crippen LogP contribution in [0.25, 0.3) is 10.8 Å². The number of amides is 1. The molecule has 0 spiro atoms. The van der Waals surface area contributed by atoms with E-state index in [0.29, 0.717) is 17.9 Å². The van der Waals surface area contributed by atoms with Crippen LogP contribution in [-0.2, 0) is 6.54 Å². The lowest BCUT2D eigenvalue weighted by Crippen LogP contribution is -2.23. The van der Waals surface area contributed by atoms with E-state index in [9.17, 15) is 4.79 Å². The van der Waals surface area contributed by atoms with E-state index in [4.69, 9.17) is 5.73 Å². The smallest absolute Gasteiger partial charge is 0.252 e. The number of hydrogen-bond donors (Lipinski definition) is 1. The molecule has 0 radical (unpaired) electrons. The molecule has 0 aliphatic carbocycles. The third kappa shape index (κ3) is 2.76. The molecular formula is C18H17N3O. The standard InChI is InChI=1S/C18H17N3O/c1-21(18-16(17(19)22)7-4-10-20-18)12-13-8-9-14-5-2-3-6-15(14)11-13/h2-11H,12H2,1H3,(H2,19,22). The van der Waals surface area contributed by atoms with Gasteiger partial charge in [0.2, 0.25) is 0 Å². The Morgan fingerprint density at radius 2 is 1.86 bits per heavy atom. The summed E-state index contributed by atoms with van der Waals surface area (Å²) in [5.74, 6) is 0.136. The summed E-state index contributed by atoms with van der Waals surface area (Å²) in [4.78, 5) is 17.7. The lowest BCUT2D eigenvalue weighted by atomic mass is 10.1. The van der Waals surface area contributed by atoms with E-state index >= 15 is 0 Å². The van der Waals surface area contributed by atoms with Gasteiger partial charge >= 0.3 is 0 Å². The molecule has 0 fully saturated rings. The Morgan fingerprint density at radius 3 is 2.64 bits per heavy atom. The van der Waals surface area contributed by atoms with E-state index in [-0.39, 0.29) is 0 Å². The Bertz CT molecular complexity index is 829. The number of anilines is 1. The summed E-state index contributed by atoms with van der Waals surface area (Å²) in [6.45, 7) is 0.655. The molecule has 2 N–H and O–H groups in total. The van der Waals surface area contributed by atoms with Crippen LogP contribution in [-0.4, -0.2) is 17.9 Å². The van der Waals surface area contributed by atoms with Gasteiger partial charge in [-0.1, -0.05) is 36.4 Å². The van der Waals surface area contributed by atoms with Crippen LogP contribution in [0.4, 0.5) is 5.82 Å². The molecular weight excluding hydrogens is 274 g/mol. The Morgan fingerprint density at radius 1 is 1.09 bits per heavy atom. The summed E-state index contributed by atoms with van der Waals surface area (Å²) in [5, 5.41) is 2.41. The van der Waals surface area contributed by atoms with E-state index in [0.717, 1.165) is 5.56 Å². The molecule has 0 saturated carbocycles. The van der Waals surface area contributed by atoms with Crippen molar-refractivity contribution in [3.63, 3.8) is 0 Å². The van der Waals surface area contributed by atoms with Gasteiger partial charge in [0, 0.05) is 19.8 Å². The van der Waals surface area contributed by atoms with Gasteiger partial charge in [-0.2, -0.15) is 0 Å². The maximum atomic E-state index is 11.5. The van der Waals surface area contributed by atoms with Gasteiger partial charge < -0.3 is 10.6 Å². The molecule has 2 aromatic carbocycles. The SMILES string of the molecule is CN(Cc1ccc2ccccc2c1)c1ncccc1C(N)=O. The topological polar surface area (TPSA) is 59.2 Å². The van der Waals surface area contributed by atoms with Gasteiger partial charge in [0.15, 0.2) is 0 Å². The maximum absolute atomic E-state index is 11.5. The molecule has 1 heterocycles. The van der Waals surface area contributed by atoms with Crippen molar-refractivity contribution in [1.29, 1.82) is 0 Å². The Hall–Kier alpha value is -2.88. The van der Waals surface area contributed by atoms with Crippen molar-refractivity contribution in [2.75, 3.05) is 11.9 Å². The maximum Gasteiger partial charge on any atom is 0.252 e. The Balaban J connectivity index is 1.90. The molecule has 4 nitrogen and oxygen atoms in total. The number of carbonyl (C=O) groups excluding carboxylic acids is 1. The fourth-order valence-corrected chi connectivity index (χ4v) is 2.58. The quantitative estimate of drug-likeness (QED) is 0.804. The van der Waals surface area contributed by atoms with Gasteiger partial charge in [0.1, 0.15) is 5.82 Å². The van der Waals surface area contributed by atoms with Crippen molar-refractivity contribution in [3.05, 3.63) is 71.9 Å². The van der Waals surface area contributed by atoms with Crippen molar-refractivity contribution in [2.45, 2.75) is 6.54 Å². The van der Waals surface area contributed by atoms with Gasteiger partial charge in [0.05, 0.1) is 5.56 Å². The number of benzene rings is 2. The number of carbonyl (C=O) groups is 1. The van der Waals surface area contributed by atoms with Gasteiger partial charge in [0.25, 0.3) is 5.91 Å². The molecule has 4 heteroatoms. The van der Waals surface area contributed by atoms with Crippen molar-refractivity contribution >= 4 is 22.5 Å². The number of fused-ring (bicyclic) bond motifs is 1. The van der Waals surface area contributed by atoms with Crippen LogP contribution < -0.4 is 10.6 Å². The number of nitrogens with two attached hydrogens (primary N) is 1. The van der Waals surface area contributed by atoms with Crippen LogP contribution >= 0.6 is 0 Å². The number of aromatic nitrogens is 1. The highest BCUT2D eigenvalue weighted by Crippen LogP contribution is 2.20. The van der Waals surface area contributed by atoms with E-state index in [1.165, 1.54) is 10.8 Å². The Kier molecular flexibility index (Phi) is 3.74. The highest BCUT2D eigenvalue weighted by Gasteiger charge is 2.13. The number of nitrogens with zero attached hydrogens (tertiary/aromatic N) is 2. The van der Waals surface area contributed by atoms with E-state index < -0.39 is 5.91 Å². The normalized spacial score (nSPS) is 10.6. The number of rotatable bonds is 4. The van der Waals surface area contributed by atoms with Crippen LogP contribution in [0.3, 0.4) is 0 Å². The minimum absolute atomic E-state index is 0.436. The zero-order valence-electron chi connectivity index (χ0n) is 12.4. The molecule has 0 unspecified atom stereocenters. The summed E-state index contributed by atoms with van der Waals surface area (Å²) in [6.07, 6.45) is 1.67. The predicted octanol–water partition coefficient (Wildman–Crippen LogP) is 2.97. The molecule has 22 heavy (non-hydrogen) atoms. The number of primary amides is 1. The molecule has 0 aliphatic heterocycles. The molecule has 1 amide bonds. The van der Waals surface area contributed by atoms with Crippen molar-refractivity contribution < 1.29 is 4.79 Å². The first-order valence-electron chi connectivity index (χ1n) is 7.09. The van der Waals surface area contributed by atoms with Crippen molar-refractivity contribution in [3.8, 4) is 0 Å². The number of hydrogen-bond acceptors (Lipinski definition) is 3. The van der Waals surface area contributed by atoms with Gasteiger partial charge in [-0.3, -0.25) is 4.79 Å². The molecule has 0 bridgehead atoms. The summed E-state index contributed by atoms with van der Waals surface area (Å²) >= 11 is 0. The Labute approximate surface area is 129 Å². The molecule has 0 saturated heterocycles. The van der Waals surface area contributed by atoms with Gasteiger partial charge in [-0.05, 0) is 34.5 Å². The largest absolute Gasteiger partial charge is 0.365 e. The lowest BCUT2D eigenvalue weighted by Gasteiger charge is -2.20. The molecule has 1 aromatic heterocycles. The zero-order chi connectivity index (χ0) is 15.5. The zero-order valence-corrected chi connectivity index (χ0v) is 12.4. The summed E-state index contributed by atoms with van der Waals surface area (Å²) in [6, 6.07) is 18.0. The second kappa shape index (κ2) is 5.85. The fourth-order valence-electron chi connectivity index (χ4n) is 2.58. The third-order valence-electron chi connectivity index (χ3n) is 3.65. The minimum Gasteiger partial charge on any atom is -0.365 e. The number of pyridine rings is 1. The lowest BCUT2D eigenvalue weighted by molar-refractivity contribution is 0.100. The van der Waals surface area contributed by atoms with Crippen LogP contribution in [0.15, 0.2) is 60.8 Å². The average molecular weight is 291 g/mol. The highest BCUT2D eigenvalue weighted by molar-refractivity contribution is 5.97. The third-order valence-corrected chi connectivity index (χ3v) is 3.65. The molecule has 110 valence electrons. The molecule has 0 atom stereocenters. The first-order valence-corrected chi connectivity index (χ1v) is 7.09. The minimum atomic E-state index is -0.464. The van der Waals surface area contributed by atoms with Crippen LogP contribution in [0, 0.1) is 0 Å². The predicted molar refractivity (Wildman–Crippen MR) is 88.8 cm³/mol. The second-order valence-electron chi connectivity index (χ2n) is 5.28. The van der Waals surface area contributed by atoms with Crippen molar-refractivity contribution in [1.82, 2.24) is 4.98 Å². The van der Waals surface area contributed by atoms with Crippen LogP contribution in [0.5, 0.6) is 0 Å². The van der Waals surface area contributed by atoms with Gasteiger partial charge in [-0.25, -0.2) is 4.98 Å². The van der Waals surface area contributed by atoms with Crippen molar-refractivity contribution in [2.24, 2.45) is 5.73 Å².